The zero-order valence-electron chi connectivity index (χ0n) is 16.6. The molecule has 0 aromatic heterocycles. The fraction of sp³-hybridized carbons (Fsp3) is 0.167. The van der Waals surface area contributed by atoms with E-state index >= 15 is 0 Å². The summed E-state index contributed by atoms with van der Waals surface area (Å²) in [5.41, 5.74) is 1.90. The molecule has 31 heavy (non-hydrogen) atoms. The molecule has 0 radical (unpaired) electrons. The van der Waals surface area contributed by atoms with Crippen LogP contribution in [0.3, 0.4) is 0 Å². The molecule has 0 unspecified atom stereocenters. The van der Waals surface area contributed by atoms with Crippen LogP contribution in [0.2, 0.25) is 0 Å². The molecule has 0 aliphatic carbocycles. The summed E-state index contributed by atoms with van der Waals surface area (Å²) in [7, 11) is 0. The van der Waals surface area contributed by atoms with Crippen LogP contribution in [0.15, 0.2) is 84.9 Å². The van der Waals surface area contributed by atoms with E-state index in [4.69, 9.17) is 4.74 Å². The summed E-state index contributed by atoms with van der Waals surface area (Å²) < 4.78 is 34.1. The van der Waals surface area contributed by atoms with Gasteiger partial charge in [0.1, 0.15) is 5.75 Å². The molecule has 0 aliphatic rings. The highest BCUT2D eigenvalue weighted by atomic mass is 19.3. The summed E-state index contributed by atoms with van der Waals surface area (Å²) in [4.78, 5) is 26.7. The lowest BCUT2D eigenvalue weighted by atomic mass is 10.1. The number of ether oxygens (including phenoxy) is 2. The molecule has 0 saturated carbocycles. The highest BCUT2D eigenvalue weighted by molar-refractivity contribution is 5.91. The van der Waals surface area contributed by atoms with Gasteiger partial charge < -0.3 is 14.4 Å². The summed E-state index contributed by atoms with van der Waals surface area (Å²) in [5.74, 6) is -1.33. The standard InChI is InChI=1S/C24H21F2NO4/c25-24(26)31-21-13-7-12-20(14-21)23(29)30-17-22(28)27(15-18-8-3-1-4-9-18)16-19-10-5-2-6-11-19/h1-14,24H,15-17H2. The highest BCUT2D eigenvalue weighted by Gasteiger charge is 2.18. The fourth-order valence-electron chi connectivity index (χ4n) is 2.94. The van der Waals surface area contributed by atoms with Gasteiger partial charge in [0.25, 0.3) is 5.91 Å². The Morgan fingerprint density at radius 1 is 0.806 bits per heavy atom. The largest absolute Gasteiger partial charge is 0.452 e. The van der Waals surface area contributed by atoms with Crippen molar-refractivity contribution < 1.29 is 27.8 Å². The number of esters is 1. The summed E-state index contributed by atoms with van der Waals surface area (Å²) in [6.07, 6.45) is 0. The van der Waals surface area contributed by atoms with Gasteiger partial charge in [-0.15, -0.1) is 0 Å². The SMILES string of the molecule is O=C(OCC(=O)N(Cc1ccccc1)Cc1ccccc1)c1cccc(OC(F)F)c1. The third-order valence-corrected chi connectivity index (χ3v) is 4.41. The van der Waals surface area contributed by atoms with Crippen molar-refractivity contribution in [1.82, 2.24) is 4.90 Å². The minimum absolute atomic E-state index is 0.0172. The molecule has 0 N–H and O–H groups in total. The number of alkyl halides is 2. The molecule has 0 heterocycles. The van der Waals surface area contributed by atoms with E-state index in [0.29, 0.717) is 13.1 Å². The van der Waals surface area contributed by atoms with Crippen molar-refractivity contribution in [2.75, 3.05) is 6.61 Å². The lowest BCUT2D eigenvalue weighted by Gasteiger charge is -2.23. The number of amides is 1. The van der Waals surface area contributed by atoms with E-state index in [1.165, 1.54) is 18.2 Å². The predicted octanol–water partition coefficient (Wildman–Crippen LogP) is 4.67. The molecule has 0 fully saturated rings. The zero-order valence-corrected chi connectivity index (χ0v) is 16.6. The Bertz CT molecular complexity index is 955. The number of nitrogens with zero attached hydrogens (tertiary/aromatic N) is 1. The minimum atomic E-state index is -3.00. The van der Waals surface area contributed by atoms with Crippen LogP contribution in [0.4, 0.5) is 8.78 Å². The van der Waals surface area contributed by atoms with Gasteiger partial charge in [-0.1, -0.05) is 66.7 Å². The van der Waals surface area contributed by atoms with Crippen molar-refractivity contribution in [2.24, 2.45) is 0 Å². The second-order valence-electron chi connectivity index (χ2n) is 6.70. The number of hydrogen-bond donors (Lipinski definition) is 0. The Hall–Kier alpha value is -3.74. The minimum Gasteiger partial charge on any atom is -0.452 e. The molecule has 0 aliphatic heterocycles. The lowest BCUT2D eigenvalue weighted by molar-refractivity contribution is -0.135. The maximum absolute atomic E-state index is 12.8. The van der Waals surface area contributed by atoms with Crippen molar-refractivity contribution in [3.63, 3.8) is 0 Å². The zero-order chi connectivity index (χ0) is 22.1. The number of carbonyl (C=O) groups is 2. The smallest absolute Gasteiger partial charge is 0.387 e. The van der Waals surface area contributed by atoms with Gasteiger partial charge in [0.05, 0.1) is 5.56 Å². The van der Waals surface area contributed by atoms with Crippen LogP contribution < -0.4 is 4.74 Å². The van der Waals surface area contributed by atoms with Crippen molar-refractivity contribution in [2.45, 2.75) is 19.7 Å². The Balaban J connectivity index is 1.66. The Morgan fingerprint density at radius 2 is 1.39 bits per heavy atom. The first-order chi connectivity index (χ1) is 15.0. The first kappa shape index (κ1) is 22.0. The van der Waals surface area contributed by atoms with E-state index in [1.54, 1.807) is 4.90 Å². The molecule has 5 nitrogen and oxygen atoms in total. The number of benzene rings is 3. The van der Waals surface area contributed by atoms with Crippen LogP contribution >= 0.6 is 0 Å². The molecule has 0 saturated heterocycles. The Morgan fingerprint density at radius 3 is 1.94 bits per heavy atom. The van der Waals surface area contributed by atoms with Gasteiger partial charge in [-0.05, 0) is 29.3 Å². The van der Waals surface area contributed by atoms with Gasteiger partial charge in [0.15, 0.2) is 6.61 Å². The molecule has 0 spiro atoms. The summed E-state index contributed by atoms with van der Waals surface area (Å²) in [5, 5.41) is 0. The third-order valence-electron chi connectivity index (χ3n) is 4.41. The van der Waals surface area contributed by atoms with E-state index in [-0.39, 0.29) is 17.2 Å². The Kier molecular flexibility index (Phi) is 7.70. The molecule has 1 amide bonds. The second kappa shape index (κ2) is 10.9. The van der Waals surface area contributed by atoms with Crippen molar-refractivity contribution in [3.8, 4) is 5.75 Å². The summed E-state index contributed by atoms with van der Waals surface area (Å²) in [6, 6.07) is 24.2. The summed E-state index contributed by atoms with van der Waals surface area (Å²) in [6.45, 7) is -2.77. The highest BCUT2D eigenvalue weighted by Crippen LogP contribution is 2.17. The predicted molar refractivity (Wildman–Crippen MR) is 110 cm³/mol. The lowest BCUT2D eigenvalue weighted by Crippen LogP contribution is -2.33. The molecule has 3 aromatic rings. The molecular weight excluding hydrogens is 404 g/mol. The molecule has 3 rings (SSSR count). The first-order valence-electron chi connectivity index (χ1n) is 9.59. The van der Waals surface area contributed by atoms with Gasteiger partial charge in [0.2, 0.25) is 0 Å². The van der Waals surface area contributed by atoms with Crippen LogP contribution in [0.1, 0.15) is 21.5 Å². The fourth-order valence-corrected chi connectivity index (χ4v) is 2.94. The van der Waals surface area contributed by atoms with Gasteiger partial charge in [-0.3, -0.25) is 4.79 Å². The topological polar surface area (TPSA) is 55.8 Å². The molecule has 3 aromatic carbocycles. The van der Waals surface area contributed by atoms with Gasteiger partial charge >= 0.3 is 12.6 Å². The number of halogens is 2. The molecule has 160 valence electrons. The van der Waals surface area contributed by atoms with Crippen LogP contribution in [-0.2, 0) is 22.6 Å². The van der Waals surface area contributed by atoms with E-state index in [2.05, 4.69) is 4.74 Å². The van der Waals surface area contributed by atoms with Crippen LogP contribution in [0, 0.1) is 0 Å². The normalized spacial score (nSPS) is 10.5. The van der Waals surface area contributed by atoms with Crippen molar-refractivity contribution in [3.05, 3.63) is 102 Å². The van der Waals surface area contributed by atoms with Crippen molar-refractivity contribution >= 4 is 11.9 Å². The molecular formula is C24H21F2NO4. The number of hydrogen-bond acceptors (Lipinski definition) is 4. The van der Waals surface area contributed by atoms with E-state index in [0.717, 1.165) is 17.2 Å². The van der Waals surface area contributed by atoms with E-state index in [9.17, 15) is 18.4 Å². The maximum atomic E-state index is 12.8. The average molecular weight is 425 g/mol. The summed E-state index contributed by atoms with van der Waals surface area (Å²) >= 11 is 0. The van der Waals surface area contributed by atoms with E-state index in [1.807, 2.05) is 60.7 Å². The quantitative estimate of drug-likeness (QED) is 0.468. The van der Waals surface area contributed by atoms with Crippen molar-refractivity contribution in [1.29, 1.82) is 0 Å². The monoisotopic (exact) mass is 425 g/mol. The van der Waals surface area contributed by atoms with Crippen LogP contribution in [0.5, 0.6) is 5.75 Å². The average Bonchev–Trinajstić information content (AvgIpc) is 2.78. The van der Waals surface area contributed by atoms with Crippen LogP contribution in [-0.4, -0.2) is 30.0 Å². The van der Waals surface area contributed by atoms with Gasteiger partial charge in [-0.2, -0.15) is 8.78 Å². The van der Waals surface area contributed by atoms with E-state index < -0.39 is 19.2 Å². The van der Waals surface area contributed by atoms with Gasteiger partial charge in [0, 0.05) is 13.1 Å². The molecule has 7 heteroatoms. The molecule has 0 bridgehead atoms. The number of rotatable bonds is 9. The Labute approximate surface area is 178 Å². The van der Waals surface area contributed by atoms with Gasteiger partial charge in [-0.25, -0.2) is 4.79 Å². The molecule has 0 atom stereocenters. The maximum Gasteiger partial charge on any atom is 0.387 e. The second-order valence-corrected chi connectivity index (χ2v) is 6.70. The third kappa shape index (κ3) is 6.92. The first-order valence-corrected chi connectivity index (χ1v) is 9.59. The van der Waals surface area contributed by atoms with Crippen LogP contribution in [0.25, 0.3) is 0 Å². The number of carbonyl (C=O) groups excluding carboxylic acids is 2.